The summed E-state index contributed by atoms with van der Waals surface area (Å²) in [7, 11) is 0. The van der Waals surface area contributed by atoms with E-state index in [4.69, 9.17) is 14.2 Å². The van der Waals surface area contributed by atoms with Gasteiger partial charge in [-0.05, 0) is 38.0 Å². The molecule has 0 aliphatic carbocycles. The number of carbonyl (C=O) groups excluding carboxylic acids is 2. The molecule has 8 heteroatoms. The number of carbonyl (C=O) groups is 2. The summed E-state index contributed by atoms with van der Waals surface area (Å²) < 4.78 is 16.4. The van der Waals surface area contributed by atoms with Crippen LogP contribution in [-0.4, -0.2) is 61.2 Å². The summed E-state index contributed by atoms with van der Waals surface area (Å²) in [5.41, 5.74) is 4.05. The fourth-order valence-corrected chi connectivity index (χ4v) is 3.89. The number of morpholine rings is 1. The Morgan fingerprint density at radius 3 is 2.57 bits per heavy atom. The molecule has 1 fully saturated rings. The maximum Gasteiger partial charge on any atom is 0.256 e. The lowest BCUT2D eigenvalue weighted by atomic mass is 10.1. The third-order valence-corrected chi connectivity index (χ3v) is 5.48. The Morgan fingerprint density at radius 2 is 1.80 bits per heavy atom. The lowest BCUT2D eigenvalue weighted by Gasteiger charge is -2.27. The number of rotatable bonds is 5. The Bertz CT molecular complexity index is 946. The summed E-state index contributed by atoms with van der Waals surface area (Å²) in [4.78, 5) is 30.5. The smallest absolute Gasteiger partial charge is 0.256 e. The number of aromatic nitrogens is 1. The van der Waals surface area contributed by atoms with Gasteiger partial charge in [-0.3, -0.25) is 9.59 Å². The third kappa shape index (κ3) is 4.28. The lowest BCUT2D eigenvalue weighted by molar-refractivity contribution is -0.116. The number of H-pyrrole nitrogens is 1. The Morgan fingerprint density at radius 1 is 1.07 bits per heavy atom. The number of benzene rings is 1. The van der Waals surface area contributed by atoms with Crippen molar-refractivity contribution in [3.05, 3.63) is 40.7 Å². The summed E-state index contributed by atoms with van der Waals surface area (Å²) >= 11 is 0. The molecule has 0 spiro atoms. The average molecular weight is 413 g/mol. The van der Waals surface area contributed by atoms with E-state index in [2.05, 4.69) is 10.3 Å². The third-order valence-electron chi connectivity index (χ3n) is 5.48. The molecule has 0 radical (unpaired) electrons. The summed E-state index contributed by atoms with van der Waals surface area (Å²) in [5.74, 6) is 1.26. The molecular formula is C22H27N3O5. The van der Waals surface area contributed by atoms with E-state index in [1.165, 1.54) is 0 Å². The van der Waals surface area contributed by atoms with Crippen molar-refractivity contribution in [2.24, 2.45) is 0 Å². The molecule has 2 aliphatic heterocycles. The Hall–Kier alpha value is -3.00. The number of aryl methyl sites for hydroxylation is 2. The molecule has 1 aromatic carbocycles. The van der Waals surface area contributed by atoms with E-state index in [9.17, 15) is 9.59 Å². The minimum absolute atomic E-state index is 0.0246. The summed E-state index contributed by atoms with van der Waals surface area (Å²) in [6.07, 6.45) is 0.833. The predicted molar refractivity (Wildman–Crippen MR) is 111 cm³/mol. The van der Waals surface area contributed by atoms with Crippen molar-refractivity contribution >= 4 is 17.5 Å². The number of hydrogen-bond donors (Lipinski definition) is 2. The summed E-state index contributed by atoms with van der Waals surface area (Å²) in [6, 6.07) is 5.37. The first-order valence-corrected chi connectivity index (χ1v) is 10.3. The van der Waals surface area contributed by atoms with Gasteiger partial charge in [0.15, 0.2) is 11.5 Å². The highest BCUT2D eigenvalue weighted by molar-refractivity contribution is 5.97. The van der Waals surface area contributed by atoms with Crippen LogP contribution in [0.25, 0.3) is 0 Å². The van der Waals surface area contributed by atoms with Crippen LogP contribution in [0.4, 0.5) is 5.69 Å². The number of hydrogen-bond acceptors (Lipinski definition) is 5. The van der Waals surface area contributed by atoms with E-state index < -0.39 is 0 Å². The highest BCUT2D eigenvalue weighted by Crippen LogP contribution is 2.32. The molecule has 0 unspecified atom stereocenters. The van der Waals surface area contributed by atoms with E-state index in [0.29, 0.717) is 75.1 Å². The van der Waals surface area contributed by atoms with E-state index in [-0.39, 0.29) is 11.8 Å². The molecule has 2 N–H and O–H groups in total. The van der Waals surface area contributed by atoms with Crippen LogP contribution in [0.1, 0.15) is 33.7 Å². The number of fused-ring (bicyclic) bond motifs is 1. The van der Waals surface area contributed by atoms with Crippen LogP contribution in [0.3, 0.4) is 0 Å². The molecule has 8 nitrogen and oxygen atoms in total. The van der Waals surface area contributed by atoms with Crippen LogP contribution in [0.5, 0.6) is 11.5 Å². The molecule has 3 heterocycles. The maximum atomic E-state index is 12.9. The Balaban J connectivity index is 1.38. The van der Waals surface area contributed by atoms with E-state index >= 15 is 0 Å². The number of amides is 2. The van der Waals surface area contributed by atoms with Gasteiger partial charge in [0.1, 0.15) is 13.2 Å². The molecule has 2 aliphatic rings. The normalized spacial score (nSPS) is 15.7. The standard InChI is InChI=1S/C22H27N3O5/c1-14-17(23-15(2)21(14)22(27)25-7-9-28-10-8-25)4-6-20(26)24-16-3-5-18-19(13-16)30-12-11-29-18/h3,5,13,23H,4,6-12H2,1-2H3,(H,24,26). The number of nitrogens with one attached hydrogen (secondary N) is 2. The minimum atomic E-state index is -0.0978. The number of aromatic amines is 1. The van der Waals surface area contributed by atoms with Gasteiger partial charge < -0.3 is 29.4 Å². The van der Waals surface area contributed by atoms with Gasteiger partial charge in [-0.25, -0.2) is 0 Å². The topological polar surface area (TPSA) is 92.9 Å². The molecule has 2 aromatic rings. The first kappa shape index (κ1) is 20.3. The van der Waals surface area contributed by atoms with Crippen molar-refractivity contribution in [2.45, 2.75) is 26.7 Å². The molecular weight excluding hydrogens is 386 g/mol. The van der Waals surface area contributed by atoms with Crippen LogP contribution in [0.15, 0.2) is 18.2 Å². The maximum absolute atomic E-state index is 12.9. The zero-order valence-electron chi connectivity index (χ0n) is 17.4. The molecule has 1 aromatic heterocycles. The minimum Gasteiger partial charge on any atom is -0.486 e. The SMILES string of the molecule is Cc1[nH]c(CCC(=O)Nc2ccc3c(c2)OCCO3)c(C)c1C(=O)N1CCOCC1. The second-order valence-electron chi connectivity index (χ2n) is 7.54. The van der Waals surface area contributed by atoms with Crippen molar-refractivity contribution in [3.63, 3.8) is 0 Å². The highest BCUT2D eigenvalue weighted by atomic mass is 16.6. The Kier molecular flexibility index (Phi) is 5.94. The second kappa shape index (κ2) is 8.79. The van der Waals surface area contributed by atoms with E-state index in [0.717, 1.165) is 17.0 Å². The van der Waals surface area contributed by atoms with E-state index in [1.54, 1.807) is 18.2 Å². The highest BCUT2D eigenvalue weighted by Gasteiger charge is 2.24. The zero-order chi connectivity index (χ0) is 21.1. The van der Waals surface area contributed by atoms with Gasteiger partial charge in [0, 0.05) is 42.7 Å². The number of anilines is 1. The van der Waals surface area contributed by atoms with Crippen molar-refractivity contribution in [2.75, 3.05) is 44.8 Å². The molecule has 1 saturated heterocycles. The van der Waals surface area contributed by atoms with Crippen LogP contribution in [-0.2, 0) is 16.0 Å². The summed E-state index contributed by atoms with van der Waals surface area (Å²) in [6.45, 7) is 7.23. The second-order valence-corrected chi connectivity index (χ2v) is 7.54. The van der Waals surface area contributed by atoms with Crippen LogP contribution in [0.2, 0.25) is 0 Å². The lowest BCUT2D eigenvalue weighted by Crippen LogP contribution is -2.41. The number of nitrogens with zero attached hydrogens (tertiary/aromatic N) is 1. The van der Waals surface area contributed by atoms with E-state index in [1.807, 2.05) is 18.7 Å². The van der Waals surface area contributed by atoms with Crippen LogP contribution < -0.4 is 14.8 Å². The zero-order valence-corrected chi connectivity index (χ0v) is 17.4. The largest absolute Gasteiger partial charge is 0.486 e. The van der Waals surface area contributed by atoms with Crippen LogP contribution >= 0.6 is 0 Å². The molecule has 0 saturated carbocycles. The monoisotopic (exact) mass is 413 g/mol. The Labute approximate surface area is 175 Å². The molecule has 2 amide bonds. The van der Waals surface area contributed by atoms with Gasteiger partial charge in [0.2, 0.25) is 5.91 Å². The quantitative estimate of drug-likeness (QED) is 0.786. The van der Waals surface area contributed by atoms with Gasteiger partial charge >= 0.3 is 0 Å². The van der Waals surface area contributed by atoms with Gasteiger partial charge in [-0.1, -0.05) is 0 Å². The fraction of sp³-hybridized carbons (Fsp3) is 0.455. The van der Waals surface area contributed by atoms with Crippen molar-refractivity contribution < 1.29 is 23.8 Å². The first-order chi connectivity index (χ1) is 14.5. The van der Waals surface area contributed by atoms with Gasteiger partial charge in [0.05, 0.1) is 18.8 Å². The molecule has 0 atom stereocenters. The average Bonchev–Trinajstić information content (AvgIpc) is 3.05. The number of ether oxygens (including phenoxy) is 3. The summed E-state index contributed by atoms with van der Waals surface area (Å²) in [5, 5.41) is 2.90. The molecule has 30 heavy (non-hydrogen) atoms. The van der Waals surface area contributed by atoms with Gasteiger partial charge in [-0.2, -0.15) is 0 Å². The van der Waals surface area contributed by atoms with Crippen molar-refractivity contribution in [3.8, 4) is 11.5 Å². The van der Waals surface area contributed by atoms with Gasteiger partial charge in [-0.15, -0.1) is 0 Å². The van der Waals surface area contributed by atoms with Crippen LogP contribution in [0, 0.1) is 13.8 Å². The fourth-order valence-electron chi connectivity index (χ4n) is 3.89. The molecule has 160 valence electrons. The first-order valence-electron chi connectivity index (χ1n) is 10.3. The van der Waals surface area contributed by atoms with Crippen molar-refractivity contribution in [1.29, 1.82) is 0 Å². The van der Waals surface area contributed by atoms with Gasteiger partial charge in [0.25, 0.3) is 5.91 Å². The molecule has 0 bridgehead atoms. The predicted octanol–water partition coefficient (Wildman–Crippen LogP) is 2.45. The van der Waals surface area contributed by atoms with Crippen molar-refractivity contribution in [1.82, 2.24) is 9.88 Å². The molecule has 4 rings (SSSR count).